The summed E-state index contributed by atoms with van der Waals surface area (Å²) in [6.45, 7) is 4.53. The molecule has 0 aromatic rings. The maximum Gasteiger partial charge on any atom is 0.0677 e. The van der Waals surface area contributed by atoms with Crippen molar-refractivity contribution in [3.05, 3.63) is 0 Å². The summed E-state index contributed by atoms with van der Waals surface area (Å²) in [5, 5.41) is 14.3. The summed E-state index contributed by atoms with van der Waals surface area (Å²) in [5.74, 6) is 0.768. The lowest BCUT2D eigenvalue weighted by atomic mass is 9.75. The van der Waals surface area contributed by atoms with Crippen molar-refractivity contribution in [2.75, 3.05) is 0 Å². The predicted octanol–water partition coefficient (Wildman–Crippen LogP) is 2.85. The molecule has 2 atom stereocenters. The van der Waals surface area contributed by atoms with Crippen LogP contribution in [-0.4, -0.2) is 22.8 Å². The Morgan fingerprint density at radius 2 is 1.88 bits per heavy atom. The number of aliphatic hydroxyl groups is 1. The van der Waals surface area contributed by atoms with E-state index in [-0.39, 0.29) is 5.60 Å². The molecular weight excluding hydrogens is 198 g/mol. The van der Waals surface area contributed by atoms with Crippen LogP contribution in [0.4, 0.5) is 0 Å². The Hall–Kier alpha value is -0.0800. The van der Waals surface area contributed by atoms with E-state index in [1.807, 2.05) is 0 Å². The fraction of sp³-hybridized carbons (Fsp3) is 1.00. The van der Waals surface area contributed by atoms with Crippen LogP contribution in [0, 0.1) is 5.92 Å². The van der Waals surface area contributed by atoms with E-state index < -0.39 is 0 Å². The van der Waals surface area contributed by atoms with Crippen LogP contribution in [0.1, 0.15) is 65.2 Å². The first-order valence-electron chi connectivity index (χ1n) is 7.06. The molecule has 2 N–H and O–H groups in total. The second-order valence-corrected chi connectivity index (χ2v) is 6.41. The van der Waals surface area contributed by atoms with E-state index in [0.29, 0.717) is 12.1 Å². The third kappa shape index (κ3) is 3.21. The van der Waals surface area contributed by atoms with E-state index in [4.69, 9.17) is 0 Å². The van der Waals surface area contributed by atoms with Gasteiger partial charge in [-0.3, -0.25) is 0 Å². The van der Waals surface area contributed by atoms with Crippen LogP contribution in [0.25, 0.3) is 0 Å². The zero-order chi connectivity index (χ0) is 11.6. The average Bonchev–Trinajstić information content (AvgIpc) is 2.15. The molecule has 2 saturated heterocycles. The van der Waals surface area contributed by atoms with Crippen LogP contribution >= 0.6 is 0 Å². The van der Waals surface area contributed by atoms with Crippen LogP contribution in [-0.2, 0) is 0 Å². The largest absolute Gasteiger partial charge is 0.390 e. The van der Waals surface area contributed by atoms with Crippen LogP contribution in [0.5, 0.6) is 0 Å². The summed E-state index contributed by atoms with van der Waals surface area (Å²) in [6.07, 6.45) is 9.32. The van der Waals surface area contributed by atoms with Gasteiger partial charge in [0.25, 0.3) is 0 Å². The third-order valence-corrected chi connectivity index (χ3v) is 4.25. The number of rotatable bonds is 4. The Balaban J connectivity index is 1.82. The minimum Gasteiger partial charge on any atom is -0.390 e. The van der Waals surface area contributed by atoms with Gasteiger partial charge in [-0.05, 0) is 38.0 Å². The van der Waals surface area contributed by atoms with E-state index in [1.165, 1.54) is 32.1 Å². The van der Waals surface area contributed by atoms with Crippen molar-refractivity contribution >= 4 is 0 Å². The lowest BCUT2D eigenvalue weighted by Crippen LogP contribution is -2.55. The van der Waals surface area contributed by atoms with Gasteiger partial charge in [0.1, 0.15) is 0 Å². The number of piperidine rings is 2. The Labute approximate surface area is 99.8 Å². The minimum atomic E-state index is -0.351. The van der Waals surface area contributed by atoms with Crippen LogP contribution in [0.3, 0.4) is 0 Å². The van der Waals surface area contributed by atoms with Gasteiger partial charge in [-0.15, -0.1) is 0 Å². The molecular formula is C14H27NO. The number of hydrogen-bond donors (Lipinski definition) is 2. The van der Waals surface area contributed by atoms with Gasteiger partial charge in [0.2, 0.25) is 0 Å². The highest BCUT2D eigenvalue weighted by Gasteiger charge is 2.39. The molecule has 2 unspecified atom stereocenters. The molecule has 2 aliphatic rings. The monoisotopic (exact) mass is 225 g/mol. The molecule has 0 radical (unpaired) electrons. The van der Waals surface area contributed by atoms with Gasteiger partial charge in [0.05, 0.1) is 5.60 Å². The van der Waals surface area contributed by atoms with E-state index in [1.54, 1.807) is 0 Å². The average molecular weight is 225 g/mol. The molecule has 2 fully saturated rings. The minimum absolute atomic E-state index is 0.351. The van der Waals surface area contributed by atoms with Gasteiger partial charge in [-0.2, -0.15) is 0 Å². The maximum atomic E-state index is 10.6. The van der Waals surface area contributed by atoms with Crippen molar-refractivity contribution in [3.8, 4) is 0 Å². The van der Waals surface area contributed by atoms with E-state index in [2.05, 4.69) is 19.2 Å². The summed E-state index contributed by atoms with van der Waals surface area (Å²) < 4.78 is 0. The van der Waals surface area contributed by atoms with Gasteiger partial charge in [0.15, 0.2) is 0 Å². The van der Waals surface area contributed by atoms with Gasteiger partial charge < -0.3 is 10.4 Å². The Bertz CT molecular complexity index is 215. The molecule has 2 heterocycles. The highest BCUT2D eigenvalue weighted by Crippen LogP contribution is 2.35. The van der Waals surface area contributed by atoms with Crippen LogP contribution in [0.2, 0.25) is 0 Å². The molecule has 2 heteroatoms. The third-order valence-electron chi connectivity index (χ3n) is 4.25. The predicted molar refractivity (Wildman–Crippen MR) is 67.4 cm³/mol. The Morgan fingerprint density at radius 1 is 1.25 bits per heavy atom. The molecule has 2 nitrogen and oxygen atoms in total. The summed E-state index contributed by atoms with van der Waals surface area (Å²) in [4.78, 5) is 0. The number of hydrogen-bond acceptors (Lipinski definition) is 2. The first kappa shape index (κ1) is 12.4. The summed E-state index contributed by atoms with van der Waals surface area (Å²) in [5.41, 5.74) is -0.351. The molecule has 2 rings (SSSR count). The molecule has 94 valence electrons. The second-order valence-electron chi connectivity index (χ2n) is 6.41. The standard InChI is InChI=1S/C14H27NO/c1-11(2)5-4-8-14(16)9-12-6-3-7-13(10-14)15-12/h11-13,15-16H,3-10H2,1-2H3. The van der Waals surface area contributed by atoms with Gasteiger partial charge in [0, 0.05) is 12.1 Å². The lowest BCUT2D eigenvalue weighted by molar-refractivity contribution is -0.0391. The Kier molecular flexibility index (Phi) is 3.91. The molecule has 2 aliphatic heterocycles. The highest BCUT2D eigenvalue weighted by molar-refractivity contribution is 4.97. The van der Waals surface area contributed by atoms with Crippen LogP contribution in [0.15, 0.2) is 0 Å². The van der Waals surface area contributed by atoms with Crippen molar-refractivity contribution < 1.29 is 5.11 Å². The summed E-state index contributed by atoms with van der Waals surface area (Å²) >= 11 is 0. The van der Waals surface area contributed by atoms with Gasteiger partial charge in [-0.1, -0.05) is 33.1 Å². The molecule has 2 bridgehead atoms. The topological polar surface area (TPSA) is 32.3 Å². The van der Waals surface area contributed by atoms with Crippen molar-refractivity contribution in [3.63, 3.8) is 0 Å². The lowest BCUT2D eigenvalue weighted by Gasteiger charge is -2.45. The highest BCUT2D eigenvalue weighted by atomic mass is 16.3. The zero-order valence-electron chi connectivity index (χ0n) is 10.8. The second kappa shape index (κ2) is 5.05. The first-order chi connectivity index (χ1) is 7.57. The maximum absolute atomic E-state index is 10.6. The number of fused-ring (bicyclic) bond motifs is 2. The Morgan fingerprint density at radius 3 is 2.44 bits per heavy atom. The molecule has 0 saturated carbocycles. The first-order valence-corrected chi connectivity index (χ1v) is 7.06. The molecule has 0 spiro atoms. The fourth-order valence-electron chi connectivity index (χ4n) is 3.48. The summed E-state index contributed by atoms with van der Waals surface area (Å²) in [6, 6.07) is 1.19. The number of nitrogens with one attached hydrogen (secondary N) is 1. The fourth-order valence-corrected chi connectivity index (χ4v) is 3.48. The summed E-state index contributed by atoms with van der Waals surface area (Å²) in [7, 11) is 0. The smallest absolute Gasteiger partial charge is 0.0677 e. The molecule has 0 aromatic heterocycles. The van der Waals surface area contributed by atoms with Crippen molar-refractivity contribution in [1.82, 2.24) is 5.32 Å². The van der Waals surface area contributed by atoms with E-state index in [9.17, 15) is 5.11 Å². The van der Waals surface area contributed by atoms with Crippen LogP contribution < -0.4 is 5.32 Å². The normalized spacial score (nSPS) is 39.0. The zero-order valence-corrected chi connectivity index (χ0v) is 10.8. The molecule has 0 aliphatic carbocycles. The van der Waals surface area contributed by atoms with Crippen molar-refractivity contribution in [2.45, 2.75) is 82.9 Å². The van der Waals surface area contributed by atoms with Gasteiger partial charge >= 0.3 is 0 Å². The van der Waals surface area contributed by atoms with Crippen molar-refractivity contribution in [1.29, 1.82) is 0 Å². The van der Waals surface area contributed by atoms with E-state index in [0.717, 1.165) is 25.2 Å². The van der Waals surface area contributed by atoms with Crippen molar-refractivity contribution in [2.24, 2.45) is 5.92 Å². The molecule has 0 amide bonds. The molecule has 0 aromatic carbocycles. The van der Waals surface area contributed by atoms with E-state index >= 15 is 0 Å². The quantitative estimate of drug-likeness (QED) is 0.771. The molecule has 16 heavy (non-hydrogen) atoms. The SMILES string of the molecule is CC(C)CCCC1(O)CC2CCCC(C1)N2. The van der Waals surface area contributed by atoms with Gasteiger partial charge in [-0.25, -0.2) is 0 Å².